The highest BCUT2D eigenvalue weighted by atomic mass is 32.1. The van der Waals surface area contributed by atoms with Gasteiger partial charge in [-0.05, 0) is 25.1 Å². The summed E-state index contributed by atoms with van der Waals surface area (Å²) in [6.45, 7) is 3.50. The molecule has 2 N–H and O–H groups in total. The number of nitrogens with one attached hydrogen (secondary N) is 2. The number of hydrogen-bond acceptors (Lipinski definition) is 6. The van der Waals surface area contributed by atoms with E-state index in [2.05, 4.69) is 26.7 Å². The summed E-state index contributed by atoms with van der Waals surface area (Å²) in [6.07, 6.45) is 1.55. The van der Waals surface area contributed by atoms with Gasteiger partial charge in [-0.2, -0.15) is 0 Å². The maximum atomic E-state index is 11.2. The van der Waals surface area contributed by atoms with Crippen molar-refractivity contribution < 1.29 is 9.53 Å². The van der Waals surface area contributed by atoms with Gasteiger partial charge in [0.2, 0.25) is 5.91 Å². The van der Waals surface area contributed by atoms with Crippen LogP contribution in [0.1, 0.15) is 11.8 Å². The monoisotopic (exact) mass is 328 g/mol. The van der Waals surface area contributed by atoms with Gasteiger partial charge in [0, 0.05) is 23.6 Å². The van der Waals surface area contributed by atoms with E-state index in [9.17, 15) is 4.79 Å². The van der Waals surface area contributed by atoms with Gasteiger partial charge >= 0.3 is 0 Å². The van der Waals surface area contributed by atoms with Crippen LogP contribution in [0, 0.1) is 6.92 Å². The first-order valence-corrected chi connectivity index (χ1v) is 7.82. The first kappa shape index (κ1) is 15.2. The predicted molar refractivity (Wildman–Crippen MR) is 92.7 cm³/mol. The number of thiophene rings is 1. The molecule has 2 aromatic heterocycles. The minimum absolute atomic E-state index is 0.143. The molecule has 6 nitrogen and oxygen atoms in total. The van der Waals surface area contributed by atoms with Gasteiger partial charge in [-0.3, -0.25) is 4.79 Å². The molecule has 0 atom stereocenters. The molecule has 118 valence electrons. The molecule has 0 aliphatic heterocycles. The zero-order valence-electron chi connectivity index (χ0n) is 13.0. The van der Waals surface area contributed by atoms with Crippen molar-refractivity contribution in [3.63, 3.8) is 0 Å². The minimum Gasteiger partial charge on any atom is -0.494 e. The molecule has 0 saturated heterocycles. The number of aromatic nitrogens is 2. The highest BCUT2D eigenvalue weighted by molar-refractivity contribution is 7.18. The average Bonchev–Trinajstić information content (AvgIpc) is 2.89. The fourth-order valence-electron chi connectivity index (χ4n) is 2.27. The number of amides is 1. The summed E-state index contributed by atoms with van der Waals surface area (Å²) in [4.78, 5) is 21.9. The van der Waals surface area contributed by atoms with Gasteiger partial charge in [-0.25, -0.2) is 9.97 Å². The van der Waals surface area contributed by atoms with Crippen LogP contribution in [-0.2, 0) is 4.79 Å². The number of fused-ring (bicyclic) bond motifs is 1. The predicted octanol–water partition coefficient (Wildman–Crippen LogP) is 3.71. The van der Waals surface area contributed by atoms with Gasteiger partial charge in [0.1, 0.15) is 22.7 Å². The Morgan fingerprint density at radius 1 is 1.26 bits per heavy atom. The number of methoxy groups -OCH3 is 1. The lowest BCUT2D eigenvalue weighted by Gasteiger charge is -2.12. The summed E-state index contributed by atoms with van der Waals surface area (Å²) in [5, 5.41) is 7.00. The number of carbonyl (C=O) groups excluding carboxylic acids is 1. The third-order valence-electron chi connectivity index (χ3n) is 3.23. The van der Waals surface area contributed by atoms with Gasteiger partial charge in [-0.15, -0.1) is 11.3 Å². The molecule has 0 spiro atoms. The fraction of sp³-hybridized carbons (Fsp3) is 0.188. The first-order chi connectivity index (χ1) is 11.1. The number of rotatable bonds is 4. The van der Waals surface area contributed by atoms with Crippen LogP contribution in [-0.4, -0.2) is 23.0 Å². The SMILES string of the molecule is COc1cc(Nc2ncnc3sc(C)cc23)ccc1NC(C)=O. The lowest BCUT2D eigenvalue weighted by molar-refractivity contribution is -0.114. The number of hydrogen-bond donors (Lipinski definition) is 2. The molecule has 0 radical (unpaired) electrons. The third-order valence-corrected chi connectivity index (χ3v) is 4.19. The van der Waals surface area contributed by atoms with Crippen molar-refractivity contribution >= 4 is 44.7 Å². The van der Waals surface area contributed by atoms with Crippen LogP contribution in [0.2, 0.25) is 0 Å². The Morgan fingerprint density at radius 3 is 2.83 bits per heavy atom. The number of aryl methyl sites for hydroxylation is 1. The van der Waals surface area contributed by atoms with Crippen molar-refractivity contribution in [2.75, 3.05) is 17.7 Å². The zero-order valence-corrected chi connectivity index (χ0v) is 13.8. The second kappa shape index (κ2) is 6.21. The lowest BCUT2D eigenvalue weighted by Crippen LogP contribution is -2.07. The van der Waals surface area contributed by atoms with Crippen molar-refractivity contribution in [1.82, 2.24) is 9.97 Å². The first-order valence-electron chi connectivity index (χ1n) is 7.00. The Morgan fingerprint density at radius 2 is 2.09 bits per heavy atom. The standard InChI is InChI=1S/C16H16N4O2S/c1-9-6-12-15(17-8-18-16(12)23-9)20-11-4-5-13(19-10(2)21)14(7-11)22-3/h4-8H,1-3H3,(H,19,21)(H,17,18,20). The van der Waals surface area contributed by atoms with E-state index in [1.54, 1.807) is 30.8 Å². The molecule has 3 rings (SSSR count). The summed E-state index contributed by atoms with van der Waals surface area (Å²) in [7, 11) is 1.57. The molecular weight excluding hydrogens is 312 g/mol. The maximum absolute atomic E-state index is 11.2. The number of nitrogens with zero attached hydrogens (tertiary/aromatic N) is 2. The Balaban J connectivity index is 1.94. The summed E-state index contributed by atoms with van der Waals surface area (Å²) >= 11 is 1.63. The Kier molecular flexibility index (Phi) is 4.12. The van der Waals surface area contributed by atoms with Crippen LogP contribution in [0.25, 0.3) is 10.2 Å². The summed E-state index contributed by atoms with van der Waals surface area (Å²) < 4.78 is 5.33. The summed E-state index contributed by atoms with van der Waals surface area (Å²) in [5.74, 6) is 1.18. The van der Waals surface area contributed by atoms with Gasteiger partial charge in [0.15, 0.2) is 0 Å². The smallest absolute Gasteiger partial charge is 0.221 e. The van der Waals surface area contributed by atoms with E-state index in [-0.39, 0.29) is 5.91 Å². The molecule has 2 heterocycles. The molecule has 1 amide bonds. The van der Waals surface area contributed by atoms with E-state index in [1.165, 1.54) is 11.8 Å². The molecule has 0 aliphatic carbocycles. The fourth-order valence-corrected chi connectivity index (χ4v) is 3.12. The third kappa shape index (κ3) is 3.24. The summed E-state index contributed by atoms with van der Waals surface area (Å²) in [5.41, 5.74) is 1.45. The minimum atomic E-state index is -0.143. The Hall–Kier alpha value is -2.67. The second-order valence-electron chi connectivity index (χ2n) is 5.02. The number of anilines is 3. The van der Waals surface area contributed by atoms with Crippen LogP contribution >= 0.6 is 11.3 Å². The van der Waals surface area contributed by atoms with Crippen molar-refractivity contribution in [1.29, 1.82) is 0 Å². The van der Waals surface area contributed by atoms with E-state index in [1.807, 2.05) is 19.1 Å². The van der Waals surface area contributed by atoms with Crippen molar-refractivity contribution in [2.24, 2.45) is 0 Å². The van der Waals surface area contributed by atoms with Crippen molar-refractivity contribution in [3.8, 4) is 5.75 Å². The zero-order chi connectivity index (χ0) is 16.4. The van der Waals surface area contributed by atoms with E-state index in [0.717, 1.165) is 21.7 Å². The molecule has 23 heavy (non-hydrogen) atoms. The van der Waals surface area contributed by atoms with Gasteiger partial charge in [0.25, 0.3) is 0 Å². The van der Waals surface area contributed by atoms with E-state index >= 15 is 0 Å². The van der Waals surface area contributed by atoms with Gasteiger partial charge < -0.3 is 15.4 Å². The van der Waals surface area contributed by atoms with Gasteiger partial charge in [0.05, 0.1) is 18.2 Å². The van der Waals surface area contributed by atoms with Crippen LogP contribution in [0.4, 0.5) is 17.2 Å². The van der Waals surface area contributed by atoms with Crippen LogP contribution < -0.4 is 15.4 Å². The van der Waals surface area contributed by atoms with E-state index in [0.29, 0.717) is 11.4 Å². The van der Waals surface area contributed by atoms with E-state index in [4.69, 9.17) is 4.74 Å². The van der Waals surface area contributed by atoms with Crippen molar-refractivity contribution in [3.05, 3.63) is 35.5 Å². The molecule has 0 unspecified atom stereocenters. The van der Waals surface area contributed by atoms with Crippen LogP contribution in [0.5, 0.6) is 5.75 Å². The molecule has 0 aliphatic rings. The van der Waals surface area contributed by atoms with E-state index < -0.39 is 0 Å². The topological polar surface area (TPSA) is 76.1 Å². The van der Waals surface area contributed by atoms with Crippen LogP contribution in [0.3, 0.4) is 0 Å². The highest BCUT2D eigenvalue weighted by Gasteiger charge is 2.10. The normalized spacial score (nSPS) is 10.6. The molecule has 1 aromatic carbocycles. The summed E-state index contributed by atoms with van der Waals surface area (Å²) in [6, 6.07) is 7.53. The molecule has 0 fully saturated rings. The quantitative estimate of drug-likeness (QED) is 0.763. The number of ether oxygens (including phenoxy) is 1. The molecule has 3 aromatic rings. The Labute approximate surface area is 137 Å². The Bertz CT molecular complexity index is 876. The van der Waals surface area contributed by atoms with Gasteiger partial charge in [-0.1, -0.05) is 0 Å². The largest absolute Gasteiger partial charge is 0.494 e. The second-order valence-corrected chi connectivity index (χ2v) is 6.25. The number of benzene rings is 1. The maximum Gasteiger partial charge on any atom is 0.221 e. The number of carbonyl (C=O) groups is 1. The lowest BCUT2D eigenvalue weighted by atomic mass is 10.2. The molecule has 7 heteroatoms. The van der Waals surface area contributed by atoms with Crippen LogP contribution in [0.15, 0.2) is 30.6 Å². The van der Waals surface area contributed by atoms with Crippen molar-refractivity contribution in [2.45, 2.75) is 13.8 Å². The molecule has 0 bridgehead atoms. The molecule has 0 saturated carbocycles. The average molecular weight is 328 g/mol. The highest BCUT2D eigenvalue weighted by Crippen LogP contribution is 2.32. The molecular formula is C16H16N4O2S.